The first-order chi connectivity index (χ1) is 10.1. The number of carbonyl (C=O) groups is 2. The molecular weight excluding hydrogens is 270 g/mol. The van der Waals surface area contributed by atoms with Gasteiger partial charge in [-0.15, -0.1) is 0 Å². The van der Waals surface area contributed by atoms with Crippen LogP contribution in [0.1, 0.15) is 21.7 Å². The predicted octanol–water partition coefficient (Wildman–Crippen LogP) is 0.202. The van der Waals surface area contributed by atoms with Gasteiger partial charge in [0.15, 0.2) is 0 Å². The van der Waals surface area contributed by atoms with Crippen LogP contribution in [0.15, 0.2) is 30.6 Å². The van der Waals surface area contributed by atoms with Crippen molar-refractivity contribution in [1.82, 2.24) is 25.8 Å². The summed E-state index contributed by atoms with van der Waals surface area (Å²) in [6.45, 7) is 2.33. The number of H-pyrrole nitrogens is 1. The molecule has 1 heterocycles. The third-order valence-electron chi connectivity index (χ3n) is 2.87. The molecule has 0 unspecified atom stereocenters. The van der Waals surface area contributed by atoms with Crippen molar-refractivity contribution >= 4 is 11.8 Å². The summed E-state index contributed by atoms with van der Waals surface area (Å²) in [7, 11) is 0. The molecule has 0 atom stereocenters. The Morgan fingerprint density at radius 1 is 1.19 bits per heavy atom. The summed E-state index contributed by atoms with van der Waals surface area (Å²) in [5, 5.41) is 11.7. The van der Waals surface area contributed by atoms with E-state index in [4.69, 9.17) is 0 Å². The molecule has 0 aliphatic carbocycles. The van der Waals surface area contributed by atoms with Gasteiger partial charge in [-0.25, -0.2) is 4.98 Å². The molecule has 0 spiro atoms. The highest BCUT2D eigenvalue weighted by molar-refractivity contribution is 5.96. The zero-order valence-corrected chi connectivity index (χ0v) is 11.7. The van der Waals surface area contributed by atoms with Crippen LogP contribution < -0.4 is 10.6 Å². The van der Waals surface area contributed by atoms with E-state index >= 15 is 0 Å². The normalized spacial score (nSPS) is 10.1. The standard InChI is InChI=1S/C14H17N5O2/c1-10-2-4-11(5-3-10)14(21)16-8-13(20)15-7-6-12-17-9-18-19-12/h2-5,9H,6-8H2,1H3,(H,15,20)(H,16,21)(H,17,18,19). The van der Waals surface area contributed by atoms with Crippen LogP contribution in [0.2, 0.25) is 0 Å². The summed E-state index contributed by atoms with van der Waals surface area (Å²) in [4.78, 5) is 27.3. The number of nitrogens with one attached hydrogen (secondary N) is 3. The Balaban J connectivity index is 1.68. The van der Waals surface area contributed by atoms with Crippen molar-refractivity contribution in [2.45, 2.75) is 13.3 Å². The Morgan fingerprint density at radius 2 is 1.95 bits per heavy atom. The average molecular weight is 287 g/mol. The van der Waals surface area contributed by atoms with Crippen LogP contribution in [0.25, 0.3) is 0 Å². The van der Waals surface area contributed by atoms with E-state index in [1.165, 1.54) is 6.33 Å². The Bertz CT molecular complexity index is 592. The fourth-order valence-corrected chi connectivity index (χ4v) is 1.70. The fourth-order valence-electron chi connectivity index (χ4n) is 1.70. The Morgan fingerprint density at radius 3 is 2.62 bits per heavy atom. The second-order valence-corrected chi connectivity index (χ2v) is 4.58. The molecule has 2 aromatic rings. The Hall–Kier alpha value is -2.70. The second-order valence-electron chi connectivity index (χ2n) is 4.58. The molecule has 7 nitrogen and oxygen atoms in total. The first kappa shape index (κ1) is 14.7. The number of rotatable bonds is 6. The Kier molecular flexibility index (Phi) is 5.03. The molecule has 0 aliphatic rings. The maximum Gasteiger partial charge on any atom is 0.251 e. The quantitative estimate of drug-likeness (QED) is 0.706. The van der Waals surface area contributed by atoms with Gasteiger partial charge in [0.05, 0.1) is 6.54 Å². The SMILES string of the molecule is Cc1ccc(C(=O)NCC(=O)NCCc2ncn[nH]2)cc1. The van der Waals surface area contributed by atoms with Crippen molar-refractivity contribution in [3.05, 3.63) is 47.5 Å². The van der Waals surface area contributed by atoms with E-state index in [1.807, 2.05) is 19.1 Å². The molecule has 0 saturated carbocycles. The minimum Gasteiger partial charge on any atom is -0.354 e. The molecule has 0 fully saturated rings. The number of carbonyl (C=O) groups excluding carboxylic acids is 2. The zero-order chi connectivity index (χ0) is 15.1. The molecular formula is C14H17N5O2. The summed E-state index contributed by atoms with van der Waals surface area (Å²) in [5.74, 6) is 0.203. The molecule has 21 heavy (non-hydrogen) atoms. The van der Waals surface area contributed by atoms with Crippen LogP contribution in [-0.2, 0) is 11.2 Å². The first-order valence-electron chi connectivity index (χ1n) is 6.61. The molecule has 1 aromatic heterocycles. The minimum absolute atomic E-state index is 0.0525. The van der Waals surface area contributed by atoms with Crippen molar-refractivity contribution in [2.75, 3.05) is 13.1 Å². The number of benzene rings is 1. The second kappa shape index (κ2) is 7.18. The van der Waals surface area contributed by atoms with Crippen molar-refractivity contribution in [2.24, 2.45) is 0 Å². The van der Waals surface area contributed by atoms with Gasteiger partial charge in [0.1, 0.15) is 12.2 Å². The maximum atomic E-state index is 11.8. The number of nitrogens with zero attached hydrogens (tertiary/aromatic N) is 2. The van der Waals surface area contributed by atoms with Gasteiger partial charge in [-0.3, -0.25) is 14.7 Å². The first-order valence-corrected chi connectivity index (χ1v) is 6.61. The molecule has 0 radical (unpaired) electrons. The smallest absolute Gasteiger partial charge is 0.251 e. The molecule has 0 saturated heterocycles. The van der Waals surface area contributed by atoms with Crippen LogP contribution in [0, 0.1) is 6.92 Å². The molecule has 110 valence electrons. The molecule has 1 aromatic carbocycles. The highest BCUT2D eigenvalue weighted by Crippen LogP contribution is 2.02. The number of hydrogen-bond donors (Lipinski definition) is 3. The summed E-state index contributed by atoms with van der Waals surface area (Å²) in [5.41, 5.74) is 1.62. The van der Waals surface area contributed by atoms with Crippen molar-refractivity contribution < 1.29 is 9.59 Å². The monoisotopic (exact) mass is 287 g/mol. The number of aromatic amines is 1. The zero-order valence-electron chi connectivity index (χ0n) is 11.7. The van der Waals surface area contributed by atoms with E-state index in [0.29, 0.717) is 24.4 Å². The van der Waals surface area contributed by atoms with Gasteiger partial charge < -0.3 is 10.6 Å². The summed E-state index contributed by atoms with van der Waals surface area (Å²) < 4.78 is 0. The fraction of sp³-hybridized carbons (Fsp3) is 0.286. The van der Waals surface area contributed by atoms with Gasteiger partial charge in [-0.2, -0.15) is 5.10 Å². The van der Waals surface area contributed by atoms with Gasteiger partial charge in [0.25, 0.3) is 5.91 Å². The van der Waals surface area contributed by atoms with E-state index in [1.54, 1.807) is 12.1 Å². The van der Waals surface area contributed by atoms with Gasteiger partial charge in [-0.1, -0.05) is 17.7 Å². The topological polar surface area (TPSA) is 99.8 Å². The van der Waals surface area contributed by atoms with Gasteiger partial charge in [-0.05, 0) is 19.1 Å². The highest BCUT2D eigenvalue weighted by atomic mass is 16.2. The summed E-state index contributed by atoms with van der Waals surface area (Å²) in [6, 6.07) is 7.16. The number of aryl methyl sites for hydroxylation is 1. The van der Waals surface area contributed by atoms with E-state index in [9.17, 15) is 9.59 Å². The van der Waals surface area contributed by atoms with E-state index in [0.717, 1.165) is 5.56 Å². The van der Waals surface area contributed by atoms with E-state index in [-0.39, 0.29) is 18.4 Å². The van der Waals surface area contributed by atoms with E-state index in [2.05, 4.69) is 25.8 Å². The third-order valence-corrected chi connectivity index (χ3v) is 2.87. The molecule has 0 bridgehead atoms. The van der Waals surface area contributed by atoms with Crippen LogP contribution in [-0.4, -0.2) is 40.1 Å². The molecule has 2 rings (SSSR count). The minimum atomic E-state index is -0.264. The van der Waals surface area contributed by atoms with Crippen molar-refractivity contribution in [3.8, 4) is 0 Å². The maximum absolute atomic E-state index is 11.8. The van der Waals surface area contributed by atoms with E-state index < -0.39 is 0 Å². The largest absolute Gasteiger partial charge is 0.354 e. The average Bonchev–Trinajstić information content (AvgIpc) is 2.99. The lowest BCUT2D eigenvalue weighted by Crippen LogP contribution is -2.37. The van der Waals surface area contributed by atoms with Gasteiger partial charge >= 0.3 is 0 Å². The number of aromatic nitrogens is 3. The predicted molar refractivity (Wildman–Crippen MR) is 76.6 cm³/mol. The van der Waals surface area contributed by atoms with Crippen LogP contribution in [0.5, 0.6) is 0 Å². The van der Waals surface area contributed by atoms with Crippen LogP contribution >= 0.6 is 0 Å². The number of amides is 2. The summed E-state index contributed by atoms with van der Waals surface area (Å²) >= 11 is 0. The molecule has 0 aliphatic heterocycles. The molecule has 3 N–H and O–H groups in total. The lowest BCUT2D eigenvalue weighted by molar-refractivity contribution is -0.120. The van der Waals surface area contributed by atoms with Crippen molar-refractivity contribution in [1.29, 1.82) is 0 Å². The van der Waals surface area contributed by atoms with Crippen molar-refractivity contribution in [3.63, 3.8) is 0 Å². The lowest BCUT2D eigenvalue weighted by Gasteiger charge is -2.06. The summed E-state index contributed by atoms with van der Waals surface area (Å²) in [6.07, 6.45) is 1.98. The molecule has 7 heteroatoms. The van der Waals surface area contributed by atoms with Crippen LogP contribution in [0.4, 0.5) is 0 Å². The van der Waals surface area contributed by atoms with Gasteiger partial charge in [0.2, 0.25) is 5.91 Å². The molecule has 2 amide bonds. The number of hydrogen-bond acceptors (Lipinski definition) is 4. The Labute approximate surface area is 122 Å². The third kappa shape index (κ3) is 4.72. The van der Waals surface area contributed by atoms with Gasteiger partial charge in [0, 0.05) is 18.5 Å². The van der Waals surface area contributed by atoms with Crippen LogP contribution in [0.3, 0.4) is 0 Å². The lowest BCUT2D eigenvalue weighted by atomic mass is 10.1. The highest BCUT2D eigenvalue weighted by Gasteiger charge is 2.07.